The Morgan fingerprint density at radius 3 is 2.59 bits per heavy atom. The zero-order chi connectivity index (χ0) is 23.5. The van der Waals surface area contributed by atoms with Gasteiger partial charge in [-0.1, -0.05) is 18.2 Å². The third-order valence-corrected chi connectivity index (χ3v) is 4.90. The van der Waals surface area contributed by atoms with Gasteiger partial charge in [0.15, 0.2) is 6.10 Å². The van der Waals surface area contributed by atoms with Gasteiger partial charge in [0.2, 0.25) is 5.91 Å². The molecular formula is C22H21F3N2O5. The Morgan fingerprint density at radius 2 is 1.91 bits per heavy atom. The van der Waals surface area contributed by atoms with Gasteiger partial charge in [0.25, 0.3) is 5.91 Å². The van der Waals surface area contributed by atoms with Crippen LogP contribution >= 0.6 is 0 Å². The molecule has 2 aromatic rings. The number of rotatable bonds is 6. The number of carbonyl (C=O) groups is 3. The van der Waals surface area contributed by atoms with Gasteiger partial charge in [0.05, 0.1) is 24.0 Å². The average Bonchev–Trinajstić information content (AvgIpc) is 2.75. The van der Waals surface area contributed by atoms with Crippen LogP contribution < -0.4 is 15.0 Å². The summed E-state index contributed by atoms with van der Waals surface area (Å²) in [4.78, 5) is 38.0. The van der Waals surface area contributed by atoms with E-state index < -0.39 is 42.2 Å². The number of nitrogens with one attached hydrogen (secondary N) is 1. The minimum Gasteiger partial charge on any atom is -0.496 e. The summed E-state index contributed by atoms with van der Waals surface area (Å²) in [5.41, 5.74) is -0.201. The van der Waals surface area contributed by atoms with Crippen molar-refractivity contribution in [1.82, 2.24) is 0 Å². The number of anilines is 2. The highest BCUT2D eigenvalue weighted by molar-refractivity contribution is 6.11. The topological polar surface area (TPSA) is 84.9 Å². The molecule has 1 N–H and O–H groups in total. The highest BCUT2D eigenvalue weighted by atomic mass is 19.4. The molecule has 1 aliphatic heterocycles. The summed E-state index contributed by atoms with van der Waals surface area (Å²) in [7, 11) is 1.52. The molecule has 1 aliphatic rings. The maximum absolute atomic E-state index is 13.0. The van der Waals surface area contributed by atoms with Crippen LogP contribution in [-0.2, 0) is 31.7 Å². The van der Waals surface area contributed by atoms with Crippen LogP contribution in [0.3, 0.4) is 0 Å². The fraction of sp³-hybridized carbons (Fsp3) is 0.318. The van der Waals surface area contributed by atoms with Crippen LogP contribution in [0.15, 0.2) is 42.5 Å². The van der Waals surface area contributed by atoms with Gasteiger partial charge >= 0.3 is 12.1 Å². The van der Waals surface area contributed by atoms with Gasteiger partial charge in [-0.15, -0.1) is 0 Å². The van der Waals surface area contributed by atoms with E-state index in [1.54, 1.807) is 24.3 Å². The van der Waals surface area contributed by atoms with Gasteiger partial charge in [0, 0.05) is 6.42 Å². The minimum atomic E-state index is -4.60. The number of alkyl halides is 3. The molecule has 2 amide bonds. The van der Waals surface area contributed by atoms with Crippen molar-refractivity contribution in [3.05, 3.63) is 53.6 Å². The normalized spacial score (nSPS) is 14.3. The van der Waals surface area contributed by atoms with Crippen LogP contribution in [0.25, 0.3) is 0 Å². The molecule has 0 saturated carbocycles. The van der Waals surface area contributed by atoms with Crippen LogP contribution in [0, 0.1) is 0 Å². The minimum absolute atomic E-state index is 0.00991. The molecule has 10 heteroatoms. The van der Waals surface area contributed by atoms with E-state index in [4.69, 9.17) is 9.47 Å². The van der Waals surface area contributed by atoms with Gasteiger partial charge in [-0.05, 0) is 43.2 Å². The Balaban J connectivity index is 1.68. The Hall–Kier alpha value is -3.56. The number of fused-ring (bicyclic) bond motifs is 1. The molecule has 2 aromatic carbocycles. The first-order valence-electron chi connectivity index (χ1n) is 9.74. The van der Waals surface area contributed by atoms with E-state index in [1.165, 1.54) is 14.0 Å². The first-order valence-corrected chi connectivity index (χ1v) is 9.74. The lowest BCUT2D eigenvalue weighted by Crippen LogP contribution is -2.47. The average molecular weight is 450 g/mol. The van der Waals surface area contributed by atoms with Crippen LogP contribution in [0.5, 0.6) is 5.75 Å². The third-order valence-electron chi connectivity index (χ3n) is 4.90. The molecule has 0 spiro atoms. The summed E-state index contributed by atoms with van der Waals surface area (Å²) in [6, 6.07) is 9.85. The monoisotopic (exact) mass is 450 g/mol. The molecular weight excluding hydrogens is 429 g/mol. The predicted molar refractivity (Wildman–Crippen MR) is 109 cm³/mol. The summed E-state index contributed by atoms with van der Waals surface area (Å²) in [6.07, 6.45) is -5.51. The fourth-order valence-electron chi connectivity index (χ4n) is 3.34. The molecule has 3 rings (SSSR count). The first-order chi connectivity index (χ1) is 15.1. The Morgan fingerprint density at radius 1 is 1.19 bits per heavy atom. The fourth-order valence-corrected chi connectivity index (χ4v) is 3.34. The molecule has 0 radical (unpaired) electrons. The van der Waals surface area contributed by atoms with Gasteiger partial charge in [-0.3, -0.25) is 19.3 Å². The van der Waals surface area contributed by atoms with Crippen LogP contribution in [0.4, 0.5) is 24.5 Å². The molecule has 0 fully saturated rings. The largest absolute Gasteiger partial charge is 0.496 e. The van der Waals surface area contributed by atoms with Gasteiger partial charge < -0.3 is 14.8 Å². The van der Waals surface area contributed by atoms with Crippen molar-refractivity contribution in [3.8, 4) is 5.75 Å². The van der Waals surface area contributed by atoms with Crippen molar-refractivity contribution in [2.24, 2.45) is 0 Å². The zero-order valence-corrected chi connectivity index (χ0v) is 17.4. The number of amides is 2. The van der Waals surface area contributed by atoms with Crippen molar-refractivity contribution in [2.75, 3.05) is 23.9 Å². The summed E-state index contributed by atoms with van der Waals surface area (Å²) >= 11 is 0. The van der Waals surface area contributed by atoms with E-state index in [1.807, 2.05) is 0 Å². The highest BCUT2D eigenvalue weighted by Crippen LogP contribution is 2.37. The number of hydrogen-bond donors (Lipinski definition) is 1. The molecule has 1 heterocycles. The number of benzene rings is 2. The number of halogens is 3. The van der Waals surface area contributed by atoms with Gasteiger partial charge in [0.1, 0.15) is 12.3 Å². The van der Waals surface area contributed by atoms with E-state index in [0.717, 1.165) is 28.7 Å². The number of esters is 1. The van der Waals surface area contributed by atoms with Crippen molar-refractivity contribution >= 4 is 29.2 Å². The number of nitrogens with zero attached hydrogens (tertiary/aromatic N) is 1. The maximum Gasteiger partial charge on any atom is 0.416 e. The van der Waals surface area contributed by atoms with E-state index in [2.05, 4.69) is 5.32 Å². The van der Waals surface area contributed by atoms with Crippen molar-refractivity contribution in [1.29, 1.82) is 0 Å². The summed E-state index contributed by atoms with van der Waals surface area (Å²) in [5.74, 6) is -1.38. The second-order valence-electron chi connectivity index (χ2n) is 7.15. The Labute approximate surface area is 182 Å². The lowest BCUT2D eigenvalue weighted by atomic mass is 10.1. The molecule has 32 heavy (non-hydrogen) atoms. The SMILES string of the molecule is COc1ccccc1CCC(=O)OC(C)C(=O)N1CC(=O)Nc2cc(C(F)(F)F)ccc21. The molecule has 1 unspecified atom stereocenters. The molecule has 170 valence electrons. The Kier molecular flexibility index (Phi) is 6.71. The highest BCUT2D eigenvalue weighted by Gasteiger charge is 2.35. The second-order valence-corrected chi connectivity index (χ2v) is 7.15. The maximum atomic E-state index is 13.0. The lowest BCUT2D eigenvalue weighted by molar-refractivity contribution is -0.153. The van der Waals surface area contributed by atoms with Crippen LogP contribution in [-0.4, -0.2) is 37.5 Å². The van der Waals surface area contributed by atoms with Crippen LogP contribution in [0.2, 0.25) is 0 Å². The van der Waals surface area contributed by atoms with Crippen LogP contribution in [0.1, 0.15) is 24.5 Å². The van der Waals surface area contributed by atoms with Gasteiger partial charge in [-0.2, -0.15) is 13.2 Å². The standard InChI is InChI=1S/C22H21F3N2O5/c1-13(32-20(29)10-7-14-5-3-4-6-18(14)31-2)21(30)27-12-19(28)26-16-11-15(22(23,24)25)8-9-17(16)27/h3-6,8-9,11,13H,7,10,12H2,1-2H3,(H,26,28). The summed E-state index contributed by atoms with van der Waals surface area (Å²) in [5, 5.41) is 2.33. The van der Waals surface area contributed by atoms with Crippen molar-refractivity contribution in [3.63, 3.8) is 0 Å². The number of carbonyl (C=O) groups excluding carboxylic acids is 3. The second kappa shape index (κ2) is 9.29. The van der Waals surface area contributed by atoms with E-state index >= 15 is 0 Å². The molecule has 7 nitrogen and oxygen atoms in total. The quantitative estimate of drug-likeness (QED) is 0.681. The first kappa shape index (κ1) is 23.1. The Bertz CT molecular complexity index is 1040. The number of methoxy groups -OCH3 is 1. The number of para-hydroxylation sites is 1. The number of aryl methyl sites for hydroxylation is 1. The summed E-state index contributed by atoms with van der Waals surface area (Å²) in [6.45, 7) is 0.944. The van der Waals surface area contributed by atoms with Crippen molar-refractivity contribution < 1.29 is 37.0 Å². The third kappa shape index (κ3) is 5.19. The van der Waals surface area contributed by atoms with E-state index in [9.17, 15) is 27.6 Å². The van der Waals surface area contributed by atoms with Gasteiger partial charge in [-0.25, -0.2) is 0 Å². The van der Waals surface area contributed by atoms with E-state index in [0.29, 0.717) is 12.2 Å². The zero-order valence-electron chi connectivity index (χ0n) is 17.4. The van der Waals surface area contributed by atoms with E-state index in [-0.39, 0.29) is 17.8 Å². The summed E-state index contributed by atoms with van der Waals surface area (Å²) < 4.78 is 49.3. The lowest BCUT2D eigenvalue weighted by Gasteiger charge is -2.31. The number of ether oxygens (including phenoxy) is 2. The smallest absolute Gasteiger partial charge is 0.416 e. The molecule has 0 saturated heterocycles. The predicted octanol–water partition coefficient (Wildman–Crippen LogP) is 3.56. The molecule has 0 bridgehead atoms. The molecule has 0 aliphatic carbocycles. The molecule has 0 aromatic heterocycles. The molecule has 1 atom stereocenters. The number of hydrogen-bond acceptors (Lipinski definition) is 5. The van der Waals surface area contributed by atoms with Crippen molar-refractivity contribution in [2.45, 2.75) is 32.0 Å².